The van der Waals surface area contributed by atoms with E-state index in [1.54, 1.807) is 12.1 Å². The molecule has 4 nitrogen and oxygen atoms in total. The van der Waals surface area contributed by atoms with Crippen LogP contribution in [-0.2, 0) is 4.74 Å². The van der Waals surface area contributed by atoms with Crippen LogP contribution in [0.25, 0.3) is 0 Å². The average molecular weight is 366 g/mol. The minimum absolute atomic E-state index is 0.130. The van der Waals surface area contributed by atoms with Crippen LogP contribution < -0.4 is 5.32 Å². The fourth-order valence-corrected chi connectivity index (χ4v) is 4.63. The first-order chi connectivity index (χ1) is 12.1. The number of hydrogen-bond acceptors (Lipinski definition) is 2. The zero-order valence-electron chi connectivity index (χ0n) is 14.6. The molecule has 1 saturated carbocycles. The molecule has 25 heavy (non-hydrogen) atoms. The zero-order chi connectivity index (χ0) is 17.4. The van der Waals surface area contributed by atoms with Crippen molar-refractivity contribution in [3.63, 3.8) is 0 Å². The summed E-state index contributed by atoms with van der Waals surface area (Å²) in [5, 5.41) is 4.05. The molecule has 0 aromatic heterocycles. The van der Waals surface area contributed by atoms with Gasteiger partial charge in [-0.05, 0) is 43.2 Å². The molecule has 136 valence electrons. The number of rotatable bonds is 2. The Bertz CT molecular complexity index is 654. The molecular weight excluding hydrogens is 341 g/mol. The normalized spacial score (nSPS) is 28.4. The molecule has 0 amide bonds. The van der Waals surface area contributed by atoms with Crippen LogP contribution in [0, 0.1) is 11.2 Å². The zero-order valence-corrected chi connectivity index (χ0v) is 15.4. The van der Waals surface area contributed by atoms with Crippen LogP contribution in [0.1, 0.15) is 37.2 Å². The lowest BCUT2D eigenvalue weighted by molar-refractivity contribution is 0.0217. The summed E-state index contributed by atoms with van der Waals surface area (Å²) in [4.78, 5) is 6.83. The van der Waals surface area contributed by atoms with E-state index in [0.29, 0.717) is 16.0 Å². The van der Waals surface area contributed by atoms with Gasteiger partial charge in [-0.2, -0.15) is 0 Å². The van der Waals surface area contributed by atoms with E-state index >= 15 is 0 Å². The van der Waals surface area contributed by atoms with Gasteiger partial charge in [0.25, 0.3) is 0 Å². The number of halogens is 2. The second kappa shape index (κ2) is 6.76. The van der Waals surface area contributed by atoms with E-state index in [0.717, 1.165) is 51.5 Å². The van der Waals surface area contributed by atoms with Gasteiger partial charge >= 0.3 is 0 Å². The highest BCUT2D eigenvalue weighted by Gasteiger charge is 2.44. The second-order valence-electron chi connectivity index (χ2n) is 7.56. The molecule has 2 atom stereocenters. The summed E-state index contributed by atoms with van der Waals surface area (Å²) in [5.41, 5.74) is 1.02. The van der Waals surface area contributed by atoms with E-state index in [9.17, 15) is 4.39 Å². The third-order valence-electron chi connectivity index (χ3n) is 5.98. The number of benzene rings is 1. The van der Waals surface area contributed by atoms with Crippen LogP contribution in [0.3, 0.4) is 0 Å². The molecule has 1 spiro atoms. The van der Waals surface area contributed by atoms with Gasteiger partial charge in [0.1, 0.15) is 5.82 Å². The molecule has 0 radical (unpaired) electrons. The number of ether oxygens (including phenoxy) is 1. The molecule has 3 aliphatic rings. The van der Waals surface area contributed by atoms with Crippen LogP contribution in [0.15, 0.2) is 23.2 Å². The van der Waals surface area contributed by atoms with Gasteiger partial charge in [-0.3, -0.25) is 4.99 Å². The molecule has 1 N–H and O–H groups in total. The maximum absolute atomic E-state index is 14.1. The summed E-state index contributed by atoms with van der Waals surface area (Å²) in [6.07, 6.45) is 4.37. The summed E-state index contributed by atoms with van der Waals surface area (Å²) in [6, 6.07) is 5.11. The molecular formula is C19H25ClFN3O. The van der Waals surface area contributed by atoms with Gasteiger partial charge in [-0.1, -0.05) is 17.7 Å². The van der Waals surface area contributed by atoms with E-state index in [4.69, 9.17) is 16.3 Å². The van der Waals surface area contributed by atoms with Crippen LogP contribution in [0.2, 0.25) is 5.02 Å². The summed E-state index contributed by atoms with van der Waals surface area (Å²) in [7, 11) is 1.82. The lowest BCUT2D eigenvalue weighted by Crippen LogP contribution is -2.43. The van der Waals surface area contributed by atoms with Crippen molar-refractivity contribution in [1.82, 2.24) is 10.2 Å². The summed E-state index contributed by atoms with van der Waals surface area (Å²) < 4.78 is 19.6. The maximum atomic E-state index is 14.1. The Balaban J connectivity index is 1.39. The highest BCUT2D eigenvalue weighted by molar-refractivity contribution is 6.31. The van der Waals surface area contributed by atoms with E-state index in [-0.39, 0.29) is 17.8 Å². The minimum Gasteiger partial charge on any atom is -0.381 e. The first-order valence-corrected chi connectivity index (χ1v) is 9.50. The van der Waals surface area contributed by atoms with Gasteiger partial charge in [-0.25, -0.2) is 4.39 Å². The van der Waals surface area contributed by atoms with Gasteiger partial charge in [0, 0.05) is 55.9 Å². The standard InChI is InChI=1S/C19H25ClFN3O/c1-22-18(24-8-5-19(12-24)6-9-25-10-7-19)23-16-11-13(16)17-14(20)3-2-4-15(17)21/h2-4,13,16H,5-12H2,1H3,(H,22,23). The molecule has 2 heterocycles. The SMILES string of the molecule is CN=C(NC1CC1c1c(F)cccc1Cl)N1CCC2(CCOCC2)C1. The van der Waals surface area contributed by atoms with Crippen molar-refractivity contribution in [3.05, 3.63) is 34.6 Å². The molecule has 4 rings (SSSR count). The van der Waals surface area contributed by atoms with E-state index in [2.05, 4.69) is 15.2 Å². The lowest BCUT2D eigenvalue weighted by atomic mass is 9.80. The van der Waals surface area contributed by atoms with Crippen LogP contribution in [0.4, 0.5) is 4.39 Å². The molecule has 2 unspecified atom stereocenters. The number of likely N-dealkylation sites (tertiary alicyclic amines) is 1. The monoisotopic (exact) mass is 365 g/mol. The predicted octanol–water partition coefficient (Wildman–Crippen LogP) is 3.41. The predicted molar refractivity (Wildman–Crippen MR) is 97.7 cm³/mol. The second-order valence-corrected chi connectivity index (χ2v) is 7.97. The topological polar surface area (TPSA) is 36.9 Å². The number of hydrogen-bond donors (Lipinski definition) is 1. The van der Waals surface area contributed by atoms with Crippen LogP contribution in [0.5, 0.6) is 0 Å². The molecule has 1 aromatic carbocycles. The lowest BCUT2D eigenvalue weighted by Gasteiger charge is -2.33. The Labute approximate surface area is 153 Å². The van der Waals surface area contributed by atoms with Crippen LogP contribution in [-0.4, -0.2) is 50.3 Å². The Hall–Kier alpha value is -1.33. The molecule has 6 heteroatoms. The summed E-state index contributed by atoms with van der Waals surface area (Å²) in [5.74, 6) is 0.854. The van der Waals surface area contributed by atoms with Gasteiger partial charge in [0.05, 0.1) is 0 Å². The fourth-order valence-electron chi connectivity index (χ4n) is 4.33. The molecule has 2 aliphatic heterocycles. The van der Waals surface area contributed by atoms with Crippen molar-refractivity contribution in [1.29, 1.82) is 0 Å². The van der Waals surface area contributed by atoms with Gasteiger partial charge in [0.2, 0.25) is 0 Å². The maximum Gasteiger partial charge on any atom is 0.193 e. The number of aliphatic imine (C=N–C) groups is 1. The highest BCUT2D eigenvalue weighted by atomic mass is 35.5. The van der Waals surface area contributed by atoms with Gasteiger partial charge in [-0.15, -0.1) is 0 Å². The van der Waals surface area contributed by atoms with Gasteiger partial charge < -0.3 is 15.0 Å². The molecule has 1 aromatic rings. The van der Waals surface area contributed by atoms with Crippen molar-refractivity contribution >= 4 is 17.6 Å². The number of nitrogens with one attached hydrogen (secondary N) is 1. The smallest absolute Gasteiger partial charge is 0.193 e. The van der Waals surface area contributed by atoms with Crippen molar-refractivity contribution in [2.24, 2.45) is 10.4 Å². The Morgan fingerprint density at radius 2 is 2.16 bits per heavy atom. The largest absolute Gasteiger partial charge is 0.381 e. The Morgan fingerprint density at radius 3 is 2.88 bits per heavy atom. The molecule has 3 fully saturated rings. The Morgan fingerprint density at radius 1 is 1.36 bits per heavy atom. The molecule has 2 saturated heterocycles. The number of nitrogens with zero attached hydrogens (tertiary/aromatic N) is 2. The molecule has 0 bridgehead atoms. The van der Waals surface area contributed by atoms with Crippen molar-refractivity contribution < 1.29 is 9.13 Å². The first kappa shape index (κ1) is 17.1. The third kappa shape index (κ3) is 3.36. The van der Waals surface area contributed by atoms with Crippen LogP contribution >= 0.6 is 11.6 Å². The van der Waals surface area contributed by atoms with E-state index < -0.39 is 0 Å². The number of guanidine groups is 1. The van der Waals surface area contributed by atoms with Crippen molar-refractivity contribution in [3.8, 4) is 0 Å². The summed E-state index contributed by atoms with van der Waals surface area (Å²) >= 11 is 6.20. The first-order valence-electron chi connectivity index (χ1n) is 9.12. The fraction of sp³-hybridized carbons (Fsp3) is 0.632. The quantitative estimate of drug-likeness (QED) is 0.644. The van der Waals surface area contributed by atoms with Gasteiger partial charge in [0.15, 0.2) is 5.96 Å². The van der Waals surface area contributed by atoms with E-state index in [1.807, 2.05) is 7.05 Å². The average Bonchev–Trinajstić information content (AvgIpc) is 3.25. The highest BCUT2D eigenvalue weighted by Crippen LogP contribution is 2.45. The molecule has 1 aliphatic carbocycles. The van der Waals surface area contributed by atoms with Crippen molar-refractivity contribution in [2.75, 3.05) is 33.4 Å². The summed E-state index contributed by atoms with van der Waals surface area (Å²) in [6.45, 7) is 3.80. The Kier molecular flexibility index (Phi) is 4.63. The minimum atomic E-state index is -0.209. The third-order valence-corrected chi connectivity index (χ3v) is 6.31. The van der Waals surface area contributed by atoms with E-state index in [1.165, 1.54) is 12.5 Å². The van der Waals surface area contributed by atoms with Crippen molar-refractivity contribution in [2.45, 2.75) is 37.6 Å².